The fourth-order valence-electron chi connectivity index (χ4n) is 4.28. The lowest BCUT2D eigenvalue weighted by atomic mass is 9.87. The summed E-state index contributed by atoms with van der Waals surface area (Å²) >= 11 is 0. The number of piperidine rings is 1. The maximum Gasteiger partial charge on any atom is 0.127 e. The van der Waals surface area contributed by atoms with Crippen molar-refractivity contribution in [2.45, 2.75) is 18.9 Å². The number of hydrogen-bond acceptors (Lipinski definition) is 4. The Balaban J connectivity index is 1.39. The van der Waals surface area contributed by atoms with Gasteiger partial charge in [-0.05, 0) is 50.1 Å². The van der Waals surface area contributed by atoms with Crippen LogP contribution in [0.25, 0.3) is 6.08 Å². The Bertz CT molecular complexity index is 782. The molecule has 2 aliphatic rings. The fraction of sp³-hybridized carbons (Fsp3) is 0.476. The number of likely N-dealkylation sites (tertiary alicyclic amines) is 1. The van der Waals surface area contributed by atoms with Crippen molar-refractivity contribution in [2.75, 3.05) is 33.3 Å². The predicted molar refractivity (Wildman–Crippen MR) is 104 cm³/mol. The van der Waals surface area contributed by atoms with Gasteiger partial charge in [0.15, 0.2) is 0 Å². The number of imidazole rings is 1. The maximum absolute atomic E-state index is 5.86. The smallest absolute Gasteiger partial charge is 0.127 e. The predicted octanol–water partition coefficient (Wildman–Crippen LogP) is 2.87. The average Bonchev–Trinajstić information content (AvgIpc) is 3.07. The SMILES string of the molecule is CN1CCC[C@@H](CNCC2=Cc3ccccc3OC2)[C@@H]1c1cncn1C. The number of hydrogen-bond donors (Lipinski definition) is 1. The van der Waals surface area contributed by atoms with E-state index in [9.17, 15) is 0 Å². The molecule has 1 aromatic carbocycles. The van der Waals surface area contributed by atoms with Crippen LogP contribution in [0.4, 0.5) is 0 Å². The van der Waals surface area contributed by atoms with Gasteiger partial charge in [-0.1, -0.05) is 18.2 Å². The van der Waals surface area contributed by atoms with Gasteiger partial charge in [0.2, 0.25) is 0 Å². The van der Waals surface area contributed by atoms with Crippen molar-refractivity contribution in [2.24, 2.45) is 13.0 Å². The molecule has 5 nitrogen and oxygen atoms in total. The van der Waals surface area contributed by atoms with Crippen LogP contribution in [-0.4, -0.2) is 47.7 Å². The summed E-state index contributed by atoms with van der Waals surface area (Å²) in [5.41, 5.74) is 3.80. The first-order valence-corrected chi connectivity index (χ1v) is 9.51. The van der Waals surface area contributed by atoms with Crippen LogP contribution in [0.5, 0.6) is 5.75 Å². The summed E-state index contributed by atoms with van der Waals surface area (Å²) in [6.45, 7) is 3.73. The standard InChI is InChI=1S/C21H28N4O/c1-24-9-5-7-18(21(24)19-13-23-15-25(19)2)12-22-11-16-10-17-6-3-4-8-20(17)26-14-16/h3-4,6,8,10,13,15,18,21-22H,5,7,9,11-12,14H2,1-2H3/t18-,21+/m0/s1. The third kappa shape index (κ3) is 3.55. The van der Waals surface area contributed by atoms with Gasteiger partial charge >= 0.3 is 0 Å². The Morgan fingerprint density at radius 1 is 1.27 bits per heavy atom. The monoisotopic (exact) mass is 352 g/mol. The third-order valence-electron chi connectivity index (χ3n) is 5.61. The summed E-state index contributed by atoms with van der Waals surface area (Å²) in [5.74, 6) is 1.59. The van der Waals surface area contributed by atoms with Gasteiger partial charge in [-0.2, -0.15) is 0 Å². The highest BCUT2D eigenvalue weighted by Gasteiger charge is 2.32. The van der Waals surface area contributed by atoms with Crippen molar-refractivity contribution in [3.05, 3.63) is 53.6 Å². The first kappa shape index (κ1) is 17.3. The van der Waals surface area contributed by atoms with E-state index in [0.29, 0.717) is 18.6 Å². The number of para-hydroxylation sites is 1. The molecule has 1 N–H and O–H groups in total. The fourth-order valence-corrected chi connectivity index (χ4v) is 4.28. The lowest BCUT2D eigenvalue weighted by Crippen LogP contribution is -2.41. The summed E-state index contributed by atoms with van der Waals surface area (Å²) in [4.78, 5) is 6.81. The highest BCUT2D eigenvalue weighted by atomic mass is 16.5. The average molecular weight is 352 g/mol. The molecule has 3 heterocycles. The van der Waals surface area contributed by atoms with Crippen LogP contribution in [-0.2, 0) is 7.05 Å². The molecule has 2 aromatic rings. The maximum atomic E-state index is 5.86. The van der Waals surface area contributed by atoms with Gasteiger partial charge in [-0.25, -0.2) is 4.98 Å². The molecule has 138 valence electrons. The van der Waals surface area contributed by atoms with Crippen LogP contribution in [0.15, 0.2) is 42.4 Å². The summed E-state index contributed by atoms with van der Waals surface area (Å²) < 4.78 is 8.02. The molecule has 2 atom stereocenters. The molecular weight excluding hydrogens is 324 g/mol. The van der Waals surface area contributed by atoms with Gasteiger partial charge in [0.25, 0.3) is 0 Å². The van der Waals surface area contributed by atoms with Crippen molar-refractivity contribution in [1.82, 2.24) is 19.8 Å². The Kier molecular flexibility index (Phi) is 5.09. The molecule has 1 fully saturated rings. The third-order valence-corrected chi connectivity index (χ3v) is 5.61. The molecule has 5 heteroatoms. The largest absolute Gasteiger partial charge is 0.489 e. The molecule has 26 heavy (non-hydrogen) atoms. The highest BCUT2D eigenvalue weighted by Crippen LogP contribution is 2.34. The van der Waals surface area contributed by atoms with E-state index in [2.05, 4.69) is 52.1 Å². The van der Waals surface area contributed by atoms with Crippen molar-refractivity contribution in [3.8, 4) is 5.75 Å². The van der Waals surface area contributed by atoms with Crippen LogP contribution in [0.2, 0.25) is 0 Å². The number of aromatic nitrogens is 2. The van der Waals surface area contributed by atoms with E-state index in [0.717, 1.165) is 25.4 Å². The summed E-state index contributed by atoms with van der Waals surface area (Å²) in [7, 11) is 4.33. The zero-order chi connectivity index (χ0) is 17.9. The zero-order valence-electron chi connectivity index (χ0n) is 15.7. The Hall–Kier alpha value is -2.11. The van der Waals surface area contributed by atoms with E-state index in [1.54, 1.807) is 0 Å². The lowest BCUT2D eigenvalue weighted by Gasteiger charge is -2.39. The molecule has 0 bridgehead atoms. The van der Waals surface area contributed by atoms with Crippen LogP contribution < -0.4 is 10.1 Å². The number of nitrogens with zero attached hydrogens (tertiary/aromatic N) is 3. The van der Waals surface area contributed by atoms with Crippen LogP contribution in [0.1, 0.15) is 30.1 Å². The molecule has 0 radical (unpaired) electrons. The van der Waals surface area contributed by atoms with E-state index in [4.69, 9.17) is 4.74 Å². The van der Waals surface area contributed by atoms with Gasteiger partial charge in [-0.15, -0.1) is 0 Å². The van der Waals surface area contributed by atoms with Gasteiger partial charge in [0.05, 0.1) is 18.1 Å². The Labute approximate surface area is 155 Å². The van der Waals surface area contributed by atoms with E-state index < -0.39 is 0 Å². The normalized spacial score (nSPS) is 23.2. The number of nitrogens with one attached hydrogen (secondary N) is 1. The molecule has 4 rings (SSSR count). The topological polar surface area (TPSA) is 42.3 Å². The van der Waals surface area contributed by atoms with Crippen LogP contribution >= 0.6 is 0 Å². The molecule has 0 unspecified atom stereocenters. The number of ether oxygens (including phenoxy) is 1. The van der Waals surface area contributed by atoms with Crippen molar-refractivity contribution >= 4 is 6.08 Å². The number of rotatable bonds is 5. The molecule has 0 saturated carbocycles. The van der Waals surface area contributed by atoms with E-state index in [1.165, 1.54) is 29.7 Å². The summed E-state index contributed by atoms with van der Waals surface area (Å²) in [5, 5.41) is 3.68. The second kappa shape index (κ2) is 7.64. The van der Waals surface area contributed by atoms with Gasteiger partial charge < -0.3 is 14.6 Å². The van der Waals surface area contributed by atoms with E-state index in [1.807, 2.05) is 24.7 Å². The Morgan fingerprint density at radius 2 is 2.15 bits per heavy atom. The lowest BCUT2D eigenvalue weighted by molar-refractivity contribution is 0.114. The number of aryl methyl sites for hydroxylation is 1. The van der Waals surface area contributed by atoms with Crippen LogP contribution in [0.3, 0.4) is 0 Å². The molecule has 2 aliphatic heterocycles. The minimum Gasteiger partial charge on any atom is -0.489 e. The molecule has 1 saturated heterocycles. The van der Waals surface area contributed by atoms with Crippen molar-refractivity contribution < 1.29 is 4.74 Å². The first-order chi connectivity index (χ1) is 12.7. The first-order valence-electron chi connectivity index (χ1n) is 9.51. The van der Waals surface area contributed by atoms with Crippen LogP contribution in [0, 0.1) is 5.92 Å². The molecule has 0 spiro atoms. The zero-order valence-corrected chi connectivity index (χ0v) is 15.7. The summed E-state index contributed by atoms with van der Waals surface area (Å²) in [6.07, 6.45) is 8.71. The molecule has 1 aromatic heterocycles. The number of benzene rings is 1. The van der Waals surface area contributed by atoms with Gasteiger partial charge in [0.1, 0.15) is 12.4 Å². The minimum atomic E-state index is 0.432. The minimum absolute atomic E-state index is 0.432. The molecular formula is C21H28N4O. The quantitative estimate of drug-likeness (QED) is 0.899. The van der Waals surface area contributed by atoms with Crippen molar-refractivity contribution in [3.63, 3.8) is 0 Å². The molecule has 0 amide bonds. The van der Waals surface area contributed by atoms with E-state index in [-0.39, 0.29) is 0 Å². The van der Waals surface area contributed by atoms with Crippen molar-refractivity contribution in [1.29, 1.82) is 0 Å². The summed E-state index contributed by atoms with van der Waals surface area (Å²) in [6, 6.07) is 8.66. The van der Waals surface area contributed by atoms with Gasteiger partial charge in [0, 0.05) is 31.9 Å². The van der Waals surface area contributed by atoms with E-state index >= 15 is 0 Å². The second-order valence-corrected chi connectivity index (χ2v) is 7.52. The Morgan fingerprint density at radius 3 is 3.00 bits per heavy atom. The molecule has 0 aliphatic carbocycles. The number of fused-ring (bicyclic) bond motifs is 1. The highest BCUT2D eigenvalue weighted by molar-refractivity contribution is 5.62. The second-order valence-electron chi connectivity index (χ2n) is 7.52. The van der Waals surface area contributed by atoms with Gasteiger partial charge in [-0.3, -0.25) is 4.90 Å².